The van der Waals surface area contributed by atoms with Crippen molar-refractivity contribution in [3.8, 4) is 10.8 Å². The third-order valence-corrected chi connectivity index (χ3v) is 7.68. The molecular weight excluding hydrogens is 424 g/mol. The Hall–Kier alpha value is -2.56. The van der Waals surface area contributed by atoms with Crippen LogP contribution in [0.3, 0.4) is 0 Å². The number of amides is 1. The number of rotatable bonds is 7. The van der Waals surface area contributed by atoms with E-state index in [-0.39, 0.29) is 22.6 Å². The van der Waals surface area contributed by atoms with E-state index in [9.17, 15) is 13.2 Å². The molecule has 0 aliphatic carbocycles. The van der Waals surface area contributed by atoms with Crippen molar-refractivity contribution in [2.45, 2.75) is 31.1 Å². The fraction of sp³-hybridized carbons (Fsp3) is 0.350. The molecule has 0 bridgehead atoms. The van der Waals surface area contributed by atoms with Gasteiger partial charge in [0.1, 0.15) is 0 Å². The lowest BCUT2D eigenvalue weighted by Gasteiger charge is -2.11. The van der Waals surface area contributed by atoms with E-state index in [1.165, 1.54) is 17.4 Å². The van der Waals surface area contributed by atoms with E-state index in [1.54, 1.807) is 11.8 Å². The number of hydrogen-bond donors (Lipinski definition) is 1. The number of hydrogen-bond acceptors (Lipinski definition) is 7. The Bertz CT molecular complexity index is 1130. The molecule has 1 aliphatic heterocycles. The molecule has 0 spiro atoms. The molecule has 0 unspecified atom stereocenters. The largest absolute Gasteiger partial charge is 0.411 e. The van der Waals surface area contributed by atoms with Crippen LogP contribution in [0.4, 0.5) is 0 Å². The minimum Gasteiger partial charge on any atom is -0.411 e. The lowest BCUT2D eigenvalue weighted by Crippen LogP contribution is -2.27. The first-order valence-electron chi connectivity index (χ1n) is 9.71. The van der Waals surface area contributed by atoms with Crippen molar-refractivity contribution < 1.29 is 17.6 Å². The molecule has 158 valence electrons. The molecule has 1 amide bonds. The zero-order valence-electron chi connectivity index (χ0n) is 16.5. The summed E-state index contributed by atoms with van der Waals surface area (Å²) in [6.45, 7) is 3.40. The minimum atomic E-state index is -3.68. The first-order valence-corrected chi connectivity index (χ1v) is 12.0. The molecule has 1 fully saturated rings. The van der Waals surface area contributed by atoms with E-state index in [1.807, 2.05) is 30.3 Å². The molecule has 8 nitrogen and oxygen atoms in total. The summed E-state index contributed by atoms with van der Waals surface area (Å²) in [5.41, 5.74) is 1.06. The second-order valence-electron chi connectivity index (χ2n) is 7.08. The summed E-state index contributed by atoms with van der Waals surface area (Å²) in [7, 11) is -3.68. The highest BCUT2D eigenvalue weighted by atomic mass is 32.2. The van der Waals surface area contributed by atoms with Crippen LogP contribution in [0.15, 0.2) is 45.7 Å². The zero-order chi connectivity index (χ0) is 21.1. The highest BCUT2D eigenvalue weighted by Crippen LogP contribution is 2.33. The molecule has 30 heavy (non-hydrogen) atoms. The molecule has 10 heteroatoms. The lowest BCUT2D eigenvalue weighted by molar-refractivity contribution is 0.0754. The number of carbonyl (C=O) groups is 1. The van der Waals surface area contributed by atoms with Crippen LogP contribution in [-0.4, -0.2) is 49.1 Å². The van der Waals surface area contributed by atoms with E-state index in [4.69, 9.17) is 4.42 Å². The number of thiophene rings is 1. The van der Waals surface area contributed by atoms with Gasteiger partial charge in [-0.25, -0.2) is 13.1 Å². The molecule has 4 rings (SSSR count). The number of aromatic nitrogens is 2. The summed E-state index contributed by atoms with van der Waals surface area (Å²) in [6, 6.07) is 11.2. The predicted molar refractivity (Wildman–Crippen MR) is 113 cm³/mol. The summed E-state index contributed by atoms with van der Waals surface area (Å²) >= 11 is 1.24. The van der Waals surface area contributed by atoms with Crippen LogP contribution in [-0.2, 0) is 16.4 Å². The normalized spacial score (nSPS) is 14.4. The minimum absolute atomic E-state index is 0.0663. The standard InChI is InChI=1S/C20H22N4O4S2/c1-14-17(30(26,27)21-10-9-15-7-3-2-4-8-15)13-16(29-14)18-22-23-19(28-18)20(25)24-11-5-6-12-24/h2-4,7-8,13,21H,5-6,9-12H2,1H3. The van der Waals surface area contributed by atoms with Crippen molar-refractivity contribution in [1.29, 1.82) is 0 Å². The van der Waals surface area contributed by atoms with Crippen LogP contribution in [0.5, 0.6) is 0 Å². The number of nitrogens with zero attached hydrogens (tertiary/aromatic N) is 3. The second-order valence-corrected chi connectivity index (χ2v) is 10.1. The number of benzene rings is 1. The summed E-state index contributed by atoms with van der Waals surface area (Å²) in [5.74, 6) is -0.199. The van der Waals surface area contributed by atoms with Crippen molar-refractivity contribution >= 4 is 27.3 Å². The third kappa shape index (κ3) is 4.45. The van der Waals surface area contributed by atoms with E-state index in [0.717, 1.165) is 18.4 Å². The van der Waals surface area contributed by atoms with Gasteiger partial charge < -0.3 is 9.32 Å². The molecular formula is C20H22N4O4S2. The molecule has 1 aliphatic rings. The molecule has 2 aromatic heterocycles. The van der Waals surface area contributed by atoms with E-state index in [0.29, 0.717) is 35.8 Å². The molecule has 0 saturated carbocycles. The van der Waals surface area contributed by atoms with Crippen LogP contribution in [0, 0.1) is 6.92 Å². The van der Waals surface area contributed by atoms with Gasteiger partial charge >= 0.3 is 11.8 Å². The van der Waals surface area contributed by atoms with Gasteiger partial charge in [0.15, 0.2) is 0 Å². The highest BCUT2D eigenvalue weighted by Gasteiger charge is 2.26. The Kier molecular flexibility index (Phi) is 5.98. The number of sulfonamides is 1. The van der Waals surface area contributed by atoms with Crippen molar-refractivity contribution in [2.24, 2.45) is 0 Å². The van der Waals surface area contributed by atoms with Gasteiger partial charge in [-0.3, -0.25) is 4.79 Å². The molecule has 0 atom stereocenters. The van der Waals surface area contributed by atoms with Gasteiger partial charge in [0.05, 0.1) is 9.77 Å². The molecule has 0 radical (unpaired) electrons. The first kappa shape index (κ1) is 20.7. The molecule has 1 aromatic carbocycles. The first-order chi connectivity index (χ1) is 14.4. The van der Waals surface area contributed by atoms with Crippen LogP contribution in [0.2, 0.25) is 0 Å². The average Bonchev–Trinajstić information content (AvgIpc) is 3.48. The summed E-state index contributed by atoms with van der Waals surface area (Å²) in [5, 5.41) is 7.80. The fourth-order valence-electron chi connectivity index (χ4n) is 3.35. The monoisotopic (exact) mass is 446 g/mol. The Morgan fingerprint density at radius 1 is 1.20 bits per heavy atom. The maximum Gasteiger partial charge on any atom is 0.311 e. The Morgan fingerprint density at radius 2 is 1.93 bits per heavy atom. The maximum absolute atomic E-state index is 12.7. The second kappa shape index (κ2) is 8.66. The molecule has 3 aromatic rings. The number of carbonyl (C=O) groups excluding carboxylic acids is 1. The Labute approximate surface area is 179 Å². The van der Waals surface area contributed by atoms with Crippen molar-refractivity contribution in [2.75, 3.05) is 19.6 Å². The molecule has 3 heterocycles. The lowest BCUT2D eigenvalue weighted by atomic mass is 10.2. The van der Waals surface area contributed by atoms with Gasteiger partial charge in [0.2, 0.25) is 10.0 Å². The number of nitrogens with one attached hydrogen (secondary N) is 1. The van der Waals surface area contributed by atoms with Gasteiger partial charge in [0.25, 0.3) is 5.89 Å². The zero-order valence-corrected chi connectivity index (χ0v) is 18.1. The number of aryl methyl sites for hydroxylation is 1. The fourth-order valence-corrected chi connectivity index (χ4v) is 5.90. The predicted octanol–water partition coefficient (Wildman–Crippen LogP) is 2.86. The smallest absolute Gasteiger partial charge is 0.311 e. The van der Waals surface area contributed by atoms with Crippen molar-refractivity contribution in [3.05, 3.63) is 52.7 Å². The van der Waals surface area contributed by atoms with E-state index < -0.39 is 10.0 Å². The van der Waals surface area contributed by atoms with Crippen LogP contribution in [0.25, 0.3) is 10.8 Å². The highest BCUT2D eigenvalue weighted by molar-refractivity contribution is 7.89. The quantitative estimate of drug-likeness (QED) is 0.598. The van der Waals surface area contributed by atoms with Crippen molar-refractivity contribution in [1.82, 2.24) is 19.8 Å². The van der Waals surface area contributed by atoms with Gasteiger partial charge in [0, 0.05) is 24.5 Å². The van der Waals surface area contributed by atoms with Gasteiger partial charge in [-0.2, -0.15) is 0 Å². The van der Waals surface area contributed by atoms with Gasteiger partial charge in [-0.15, -0.1) is 21.5 Å². The SMILES string of the molecule is Cc1sc(-c2nnc(C(=O)N3CCCC3)o2)cc1S(=O)(=O)NCCc1ccccc1. The molecule has 1 N–H and O–H groups in total. The molecule has 1 saturated heterocycles. The summed E-state index contributed by atoms with van der Waals surface area (Å²) < 4.78 is 33.7. The van der Waals surface area contributed by atoms with E-state index >= 15 is 0 Å². The van der Waals surface area contributed by atoms with E-state index in [2.05, 4.69) is 14.9 Å². The van der Waals surface area contributed by atoms with Gasteiger partial charge in [-0.05, 0) is 37.8 Å². The number of likely N-dealkylation sites (tertiary alicyclic amines) is 1. The summed E-state index contributed by atoms with van der Waals surface area (Å²) in [4.78, 5) is 15.4. The topological polar surface area (TPSA) is 105 Å². The Morgan fingerprint density at radius 3 is 2.67 bits per heavy atom. The van der Waals surface area contributed by atoms with Crippen molar-refractivity contribution in [3.63, 3.8) is 0 Å². The van der Waals surface area contributed by atoms with Crippen LogP contribution >= 0.6 is 11.3 Å². The Balaban J connectivity index is 1.46. The van der Waals surface area contributed by atoms with Crippen LogP contribution in [0.1, 0.15) is 34.0 Å². The third-order valence-electron chi connectivity index (χ3n) is 4.92. The maximum atomic E-state index is 12.7. The van der Waals surface area contributed by atoms with Gasteiger partial charge in [-0.1, -0.05) is 30.3 Å². The summed E-state index contributed by atoms with van der Waals surface area (Å²) in [6.07, 6.45) is 2.53. The average molecular weight is 447 g/mol. The van der Waals surface area contributed by atoms with Crippen LogP contribution < -0.4 is 4.72 Å².